The lowest BCUT2D eigenvalue weighted by Crippen LogP contribution is -2.12. The van der Waals surface area contributed by atoms with E-state index in [9.17, 15) is 9.59 Å². The zero-order valence-corrected chi connectivity index (χ0v) is 11.0. The van der Waals surface area contributed by atoms with Gasteiger partial charge in [0.2, 0.25) is 0 Å². The van der Waals surface area contributed by atoms with Gasteiger partial charge in [-0.15, -0.1) is 0 Å². The molecule has 4 nitrogen and oxygen atoms in total. The smallest absolute Gasteiger partial charge is 0.302 e. The molecule has 1 heterocycles. The van der Waals surface area contributed by atoms with Crippen LogP contribution in [0.25, 0.3) is 0 Å². The van der Waals surface area contributed by atoms with Gasteiger partial charge in [0.15, 0.2) is 0 Å². The Labute approximate surface area is 108 Å². The molecule has 0 spiro atoms. The van der Waals surface area contributed by atoms with Gasteiger partial charge in [0.05, 0.1) is 18.8 Å². The standard InChI is InChI=1S/C14H22O4/c1-11-10-13(18-14(11)7-5-8-15)6-3-4-9-17-12(2)16/h8,13-14H,1,3-7,9-10H2,2H3/t13-,14-/m0/s1. The number of esters is 1. The van der Waals surface area contributed by atoms with E-state index in [1.165, 1.54) is 6.92 Å². The van der Waals surface area contributed by atoms with Crippen LogP contribution in [-0.4, -0.2) is 31.1 Å². The molecule has 102 valence electrons. The highest BCUT2D eigenvalue weighted by atomic mass is 16.5. The summed E-state index contributed by atoms with van der Waals surface area (Å²) in [6.45, 7) is 5.90. The van der Waals surface area contributed by atoms with Crippen LogP contribution in [0.3, 0.4) is 0 Å². The molecule has 0 saturated carbocycles. The maximum atomic E-state index is 10.6. The van der Waals surface area contributed by atoms with E-state index in [4.69, 9.17) is 9.47 Å². The van der Waals surface area contributed by atoms with Crippen LogP contribution in [0.1, 0.15) is 45.4 Å². The fourth-order valence-corrected chi connectivity index (χ4v) is 2.15. The lowest BCUT2D eigenvalue weighted by molar-refractivity contribution is -0.141. The van der Waals surface area contributed by atoms with Crippen molar-refractivity contribution in [3.63, 3.8) is 0 Å². The molecule has 0 N–H and O–H groups in total. The van der Waals surface area contributed by atoms with Crippen molar-refractivity contribution in [2.75, 3.05) is 6.61 Å². The molecule has 0 aromatic rings. The van der Waals surface area contributed by atoms with Gasteiger partial charge in [-0.05, 0) is 37.7 Å². The van der Waals surface area contributed by atoms with Crippen molar-refractivity contribution >= 4 is 12.3 Å². The Kier molecular flexibility index (Phi) is 6.65. The van der Waals surface area contributed by atoms with E-state index in [1.807, 2.05) is 0 Å². The van der Waals surface area contributed by atoms with E-state index in [1.54, 1.807) is 0 Å². The molecule has 0 radical (unpaired) electrons. The molecule has 4 heteroatoms. The molecule has 1 aliphatic heterocycles. The third-order valence-electron chi connectivity index (χ3n) is 3.07. The van der Waals surface area contributed by atoms with Crippen LogP contribution in [0.2, 0.25) is 0 Å². The Morgan fingerprint density at radius 2 is 2.28 bits per heavy atom. The van der Waals surface area contributed by atoms with E-state index in [0.717, 1.165) is 44.0 Å². The Balaban J connectivity index is 2.11. The first-order chi connectivity index (χ1) is 8.63. The predicted molar refractivity (Wildman–Crippen MR) is 68.2 cm³/mol. The molecule has 2 atom stereocenters. The van der Waals surface area contributed by atoms with E-state index < -0.39 is 0 Å². The first-order valence-electron chi connectivity index (χ1n) is 6.53. The van der Waals surface area contributed by atoms with Gasteiger partial charge in [-0.3, -0.25) is 4.79 Å². The molecule has 0 aliphatic carbocycles. The van der Waals surface area contributed by atoms with Gasteiger partial charge in [-0.1, -0.05) is 6.58 Å². The first-order valence-corrected chi connectivity index (χ1v) is 6.53. The first kappa shape index (κ1) is 14.9. The van der Waals surface area contributed by atoms with Crippen LogP contribution in [-0.2, 0) is 19.1 Å². The summed E-state index contributed by atoms with van der Waals surface area (Å²) in [4.78, 5) is 20.9. The highest BCUT2D eigenvalue weighted by molar-refractivity contribution is 5.65. The minimum absolute atomic E-state index is 0.0497. The SMILES string of the molecule is C=C1C[C@H](CCCCOC(C)=O)O[C@H]1CCC=O. The molecule has 1 rings (SSSR count). The molecule has 0 aromatic heterocycles. The summed E-state index contributed by atoms with van der Waals surface area (Å²) in [7, 11) is 0. The molecule has 0 bridgehead atoms. The lowest BCUT2D eigenvalue weighted by atomic mass is 10.0. The monoisotopic (exact) mass is 254 g/mol. The summed E-state index contributed by atoms with van der Waals surface area (Å²) in [5.74, 6) is -0.227. The minimum Gasteiger partial charge on any atom is -0.466 e. The summed E-state index contributed by atoms with van der Waals surface area (Å²) in [5, 5.41) is 0. The van der Waals surface area contributed by atoms with Gasteiger partial charge in [0.1, 0.15) is 6.29 Å². The van der Waals surface area contributed by atoms with Crippen molar-refractivity contribution in [2.24, 2.45) is 0 Å². The topological polar surface area (TPSA) is 52.6 Å². The molecule has 1 aliphatic rings. The zero-order chi connectivity index (χ0) is 13.4. The number of carbonyl (C=O) groups is 2. The van der Waals surface area contributed by atoms with Gasteiger partial charge in [-0.2, -0.15) is 0 Å². The largest absolute Gasteiger partial charge is 0.466 e. The Bertz CT molecular complexity index is 298. The van der Waals surface area contributed by atoms with Crippen molar-refractivity contribution in [3.8, 4) is 0 Å². The molecular formula is C14H22O4. The normalized spacial score (nSPS) is 23.1. The van der Waals surface area contributed by atoms with Gasteiger partial charge in [0, 0.05) is 13.3 Å². The van der Waals surface area contributed by atoms with Crippen LogP contribution in [0, 0.1) is 0 Å². The number of unbranched alkanes of at least 4 members (excludes halogenated alkanes) is 1. The molecule has 18 heavy (non-hydrogen) atoms. The molecule has 1 fully saturated rings. The fourth-order valence-electron chi connectivity index (χ4n) is 2.15. The Morgan fingerprint density at radius 3 is 2.94 bits per heavy atom. The van der Waals surface area contributed by atoms with Crippen molar-refractivity contribution in [3.05, 3.63) is 12.2 Å². The number of hydrogen-bond donors (Lipinski definition) is 0. The van der Waals surface area contributed by atoms with E-state index in [-0.39, 0.29) is 18.2 Å². The van der Waals surface area contributed by atoms with Crippen LogP contribution >= 0.6 is 0 Å². The number of ether oxygens (including phenoxy) is 2. The molecule has 0 unspecified atom stereocenters. The van der Waals surface area contributed by atoms with Gasteiger partial charge in [-0.25, -0.2) is 0 Å². The quantitative estimate of drug-likeness (QED) is 0.289. The Hall–Kier alpha value is -1.16. The van der Waals surface area contributed by atoms with E-state index in [2.05, 4.69) is 6.58 Å². The zero-order valence-electron chi connectivity index (χ0n) is 11.0. The number of rotatable bonds is 8. The summed E-state index contributed by atoms with van der Waals surface area (Å²) in [5.41, 5.74) is 1.10. The second-order valence-corrected chi connectivity index (χ2v) is 4.69. The third kappa shape index (κ3) is 5.45. The second kappa shape index (κ2) is 8.03. The average molecular weight is 254 g/mol. The predicted octanol–water partition coefficient (Wildman–Crippen LogP) is 2.41. The third-order valence-corrected chi connectivity index (χ3v) is 3.07. The van der Waals surface area contributed by atoms with Crippen LogP contribution < -0.4 is 0 Å². The second-order valence-electron chi connectivity index (χ2n) is 4.69. The maximum Gasteiger partial charge on any atom is 0.302 e. The molecule has 0 aromatic carbocycles. The van der Waals surface area contributed by atoms with E-state index in [0.29, 0.717) is 13.0 Å². The van der Waals surface area contributed by atoms with Gasteiger partial charge >= 0.3 is 5.97 Å². The number of carbonyl (C=O) groups excluding carboxylic acids is 2. The fraction of sp³-hybridized carbons (Fsp3) is 0.714. The maximum absolute atomic E-state index is 10.6. The molecule has 0 amide bonds. The van der Waals surface area contributed by atoms with Crippen molar-refractivity contribution in [1.29, 1.82) is 0 Å². The van der Waals surface area contributed by atoms with Crippen LogP contribution in [0.15, 0.2) is 12.2 Å². The lowest BCUT2D eigenvalue weighted by Gasteiger charge is -2.12. The van der Waals surface area contributed by atoms with Crippen LogP contribution in [0.5, 0.6) is 0 Å². The minimum atomic E-state index is -0.227. The van der Waals surface area contributed by atoms with Crippen molar-refractivity contribution in [2.45, 2.75) is 57.7 Å². The Morgan fingerprint density at radius 1 is 1.50 bits per heavy atom. The van der Waals surface area contributed by atoms with Gasteiger partial charge < -0.3 is 14.3 Å². The van der Waals surface area contributed by atoms with Crippen molar-refractivity contribution in [1.82, 2.24) is 0 Å². The van der Waals surface area contributed by atoms with E-state index >= 15 is 0 Å². The van der Waals surface area contributed by atoms with Gasteiger partial charge in [0.25, 0.3) is 0 Å². The highest BCUT2D eigenvalue weighted by Gasteiger charge is 2.27. The number of hydrogen-bond acceptors (Lipinski definition) is 4. The summed E-state index contributed by atoms with van der Waals surface area (Å²) in [6, 6.07) is 0. The summed E-state index contributed by atoms with van der Waals surface area (Å²) >= 11 is 0. The molecule has 1 saturated heterocycles. The van der Waals surface area contributed by atoms with Crippen molar-refractivity contribution < 1.29 is 19.1 Å². The summed E-state index contributed by atoms with van der Waals surface area (Å²) < 4.78 is 10.7. The number of aldehydes is 1. The molecular weight excluding hydrogens is 232 g/mol. The highest BCUT2D eigenvalue weighted by Crippen LogP contribution is 2.29. The average Bonchev–Trinajstić information content (AvgIpc) is 2.66. The van der Waals surface area contributed by atoms with Crippen LogP contribution in [0.4, 0.5) is 0 Å². The summed E-state index contributed by atoms with van der Waals surface area (Å²) in [6.07, 6.45) is 6.14.